The highest BCUT2D eigenvalue weighted by Gasteiger charge is 2.45. The number of rotatable bonds is 7. The van der Waals surface area contributed by atoms with Gasteiger partial charge in [0.15, 0.2) is 0 Å². The number of benzene rings is 2. The second-order valence-electron chi connectivity index (χ2n) is 9.39. The van der Waals surface area contributed by atoms with Gasteiger partial charge in [-0.25, -0.2) is 0 Å². The molecular weight excluding hydrogens is 354 g/mol. The first-order valence-corrected chi connectivity index (χ1v) is 11.5. The number of nitrogens with two attached hydrogens (primary N) is 1. The first-order chi connectivity index (χ1) is 13.9. The molecule has 0 saturated heterocycles. The van der Waals surface area contributed by atoms with Crippen molar-refractivity contribution in [1.29, 1.82) is 0 Å². The Morgan fingerprint density at radius 3 is 2.38 bits per heavy atom. The fourth-order valence-electron chi connectivity index (χ4n) is 5.25. The first kappa shape index (κ1) is 22.1. The largest absolute Gasteiger partial charge is 0.392 e. The zero-order valence-electron chi connectivity index (χ0n) is 18.7. The van der Waals surface area contributed by atoms with Gasteiger partial charge in [-0.1, -0.05) is 76.1 Å². The summed E-state index contributed by atoms with van der Waals surface area (Å²) in [6, 6.07) is 16.1. The third-order valence-electron chi connectivity index (χ3n) is 7.13. The van der Waals surface area contributed by atoms with Crippen LogP contribution in [0.15, 0.2) is 42.5 Å². The Kier molecular flexibility index (Phi) is 7.19. The van der Waals surface area contributed by atoms with Crippen molar-refractivity contribution >= 4 is 0 Å². The zero-order valence-corrected chi connectivity index (χ0v) is 18.7. The second kappa shape index (κ2) is 9.45. The van der Waals surface area contributed by atoms with Crippen LogP contribution in [0.1, 0.15) is 80.7 Å². The average Bonchev–Trinajstić information content (AvgIpc) is 2.69. The predicted octanol–water partition coefficient (Wildman–Crippen LogP) is 5.69. The Morgan fingerprint density at radius 1 is 1.03 bits per heavy atom. The fraction of sp³-hybridized carbons (Fsp3) is 0.556. The van der Waals surface area contributed by atoms with E-state index in [0.717, 1.165) is 32.1 Å². The quantitative estimate of drug-likeness (QED) is 0.634. The highest BCUT2D eigenvalue weighted by Crippen LogP contribution is 2.45. The Hall–Kier alpha value is -1.64. The molecule has 3 N–H and O–H groups in total. The van der Waals surface area contributed by atoms with Crippen LogP contribution >= 0.6 is 0 Å². The van der Waals surface area contributed by atoms with E-state index in [9.17, 15) is 5.11 Å². The van der Waals surface area contributed by atoms with Gasteiger partial charge >= 0.3 is 0 Å². The molecule has 1 saturated carbocycles. The lowest BCUT2D eigenvalue weighted by molar-refractivity contribution is 0.00897. The lowest BCUT2D eigenvalue weighted by Crippen LogP contribution is -2.51. The van der Waals surface area contributed by atoms with Crippen LogP contribution < -0.4 is 5.73 Å². The number of aryl methyl sites for hydroxylation is 2. The number of hydrogen-bond acceptors (Lipinski definition) is 2. The van der Waals surface area contributed by atoms with Crippen LogP contribution in [-0.4, -0.2) is 17.3 Å². The van der Waals surface area contributed by atoms with E-state index >= 15 is 0 Å². The Balaban J connectivity index is 1.92. The lowest BCUT2D eigenvalue weighted by atomic mass is 9.61. The molecule has 0 aliphatic heterocycles. The van der Waals surface area contributed by atoms with Gasteiger partial charge in [0.05, 0.1) is 6.10 Å². The van der Waals surface area contributed by atoms with E-state index in [1.165, 1.54) is 34.2 Å². The number of aliphatic hydroxyl groups excluding tert-OH is 1. The summed E-state index contributed by atoms with van der Waals surface area (Å²) in [4.78, 5) is 0. The van der Waals surface area contributed by atoms with Gasteiger partial charge in [-0.05, 0) is 72.8 Å². The molecule has 1 aliphatic carbocycles. The monoisotopic (exact) mass is 393 g/mol. The van der Waals surface area contributed by atoms with Gasteiger partial charge in [0.1, 0.15) is 0 Å². The third-order valence-corrected chi connectivity index (χ3v) is 7.13. The maximum absolute atomic E-state index is 11.1. The van der Waals surface area contributed by atoms with Gasteiger partial charge in [-0.15, -0.1) is 0 Å². The molecule has 0 amide bonds. The third kappa shape index (κ3) is 4.75. The SMILES string of the molecule is CCCc1ccc(Cc2cc(C3(CCC)CC(C)C(N)CC3O)ccc2C)cc1. The van der Waals surface area contributed by atoms with E-state index in [-0.39, 0.29) is 17.6 Å². The standard InChI is InChI=1S/C27H39NO/c1-5-7-21-9-11-22(12-10-21)15-23-16-24(13-8-19(23)3)27(14-6-2)18-20(4)25(28)17-26(27)29/h8-13,16,20,25-26,29H,5-7,14-15,17-18,28H2,1-4H3. The van der Waals surface area contributed by atoms with Gasteiger partial charge in [0.25, 0.3) is 0 Å². The molecule has 1 fully saturated rings. The normalized spacial score (nSPS) is 27.2. The molecule has 0 bridgehead atoms. The van der Waals surface area contributed by atoms with Crippen LogP contribution in [-0.2, 0) is 18.3 Å². The molecule has 0 radical (unpaired) electrons. The highest BCUT2D eigenvalue weighted by atomic mass is 16.3. The van der Waals surface area contributed by atoms with Crippen LogP contribution in [0.25, 0.3) is 0 Å². The van der Waals surface area contributed by atoms with Crippen molar-refractivity contribution in [2.45, 2.75) is 90.2 Å². The van der Waals surface area contributed by atoms with Crippen molar-refractivity contribution in [1.82, 2.24) is 0 Å². The molecule has 4 unspecified atom stereocenters. The molecule has 0 heterocycles. The van der Waals surface area contributed by atoms with E-state index in [0.29, 0.717) is 12.3 Å². The average molecular weight is 394 g/mol. The molecular formula is C27H39NO. The molecule has 0 aromatic heterocycles. The summed E-state index contributed by atoms with van der Waals surface area (Å²) in [5.74, 6) is 0.431. The van der Waals surface area contributed by atoms with E-state index in [1.807, 2.05) is 0 Å². The highest BCUT2D eigenvalue weighted by molar-refractivity contribution is 5.40. The van der Waals surface area contributed by atoms with E-state index < -0.39 is 0 Å². The Bertz CT molecular complexity index is 797. The number of aliphatic hydroxyl groups is 1. The minimum absolute atomic E-state index is 0.0986. The Labute approximate surface area is 177 Å². The molecule has 3 rings (SSSR count). The number of hydrogen-bond donors (Lipinski definition) is 2. The topological polar surface area (TPSA) is 46.2 Å². The van der Waals surface area contributed by atoms with Crippen LogP contribution in [0.5, 0.6) is 0 Å². The molecule has 4 atom stereocenters. The first-order valence-electron chi connectivity index (χ1n) is 11.5. The van der Waals surface area contributed by atoms with Gasteiger partial charge < -0.3 is 10.8 Å². The van der Waals surface area contributed by atoms with Gasteiger partial charge in [-0.2, -0.15) is 0 Å². The molecule has 0 spiro atoms. The molecule has 2 nitrogen and oxygen atoms in total. The summed E-state index contributed by atoms with van der Waals surface area (Å²) in [5, 5.41) is 11.1. The summed E-state index contributed by atoms with van der Waals surface area (Å²) in [5.41, 5.74) is 12.9. The molecule has 1 aliphatic rings. The molecule has 2 heteroatoms. The van der Waals surface area contributed by atoms with Crippen LogP contribution in [0.3, 0.4) is 0 Å². The van der Waals surface area contributed by atoms with Crippen molar-refractivity contribution in [2.75, 3.05) is 0 Å². The minimum Gasteiger partial charge on any atom is -0.392 e. The Morgan fingerprint density at radius 2 is 1.72 bits per heavy atom. The van der Waals surface area contributed by atoms with E-state index in [4.69, 9.17) is 5.73 Å². The smallest absolute Gasteiger partial charge is 0.0651 e. The zero-order chi connectivity index (χ0) is 21.0. The van der Waals surface area contributed by atoms with Gasteiger partial charge in [-0.3, -0.25) is 0 Å². The van der Waals surface area contributed by atoms with Crippen molar-refractivity contribution in [2.24, 2.45) is 11.7 Å². The second-order valence-corrected chi connectivity index (χ2v) is 9.39. The summed E-state index contributed by atoms with van der Waals surface area (Å²) >= 11 is 0. The van der Waals surface area contributed by atoms with E-state index in [2.05, 4.69) is 70.2 Å². The summed E-state index contributed by atoms with van der Waals surface area (Å²) in [6.45, 7) is 8.89. The maximum atomic E-state index is 11.1. The van der Waals surface area contributed by atoms with E-state index in [1.54, 1.807) is 0 Å². The maximum Gasteiger partial charge on any atom is 0.0651 e. The van der Waals surface area contributed by atoms with Crippen LogP contribution in [0.4, 0.5) is 0 Å². The summed E-state index contributed by atoms with van der Waals surface area (Å²) in [7, 11) is 0. The van der Waals surface area contributed by atoms with Crippen LogP contribution in [0, 0.1) is 12.8 Å². The van der Waals surface area contributed by atoms with Crippen molar-refractivity contribution in [3.05, 3.63) is 70.3 Å². The van der Waals surface area contributed by atoms with Gasteiger partial charge in [0.2, 0.25) is 0 Å². The van der Waals surface area contributed by atoms with Gasteiger partial charge in [0, 0.05) is 11.5 Å². The molecule has 29 heavy (non-hydrogen) atoms. The molecule has 158 valence electrons. The minimum atomic E-state index is -0.363. The molecule has 2 aromatic carbocycles. The van der Waals surface area contributed by atoms with Crippen molar-refractivity contribution < 1.29 is 5.11 Å². The van der Waals surface area contributed by atoms with Crippen LogP contribution in [0.2, 0.25) is 0 Å². The predicted molar refractivity (Wildman–Crippen MR) is 123 cm³/mol. The fourth-order valence-corrected chi connectivity index (χ4v) is 5.25. The molecule has 2 aromatic rings. The summed E-state index contributed by atoms with van der Waals surface area (Å²) < 4.78 is 0. The lowest BCUT2D eigenvalue weighted by Gasteiger charge is -2.47. The van der Waals surface area contributed by atoms with Crippen molar-refractivity contribution in [3.8, 4) is 0 Å². The van der Waals surface area contributed by atoms with Crippen molar-refractivity contribution in [3.63, 3.8) is 0 Å². The summed E-state index contributed by atoms with van der Waals surface area (Å²) in [6.07, 6.45) is 6.66.